The van der Waals surface area contributed by atoms with Gasteiger partial charge in [-0.3, -0.25) is 9.59 Å². The Balaban J connectivity index is 1.74. The summed E-state index contributed by atoms with van der Waals surface area (Å²) >= 11 is 1.62. The Morgan fingerprint density at radius 1 is 0.821 bits per heavy atom. The molecule has 0 aliphatic heterocycles. The Hall–Kier alpha value is -3.05. The van der Waals surface area contributed by atoms with Gasteiger partial charge in [0.15, 0.2) is 0 Å². The number of carbonyl (C=O) groups excluding carboxylic acids is 2. The van der Waals surface area contributed by atoms with Crippen molar-refractivity contribution in [3.63, 3.8) is 0 Å². The van der Waals surface area contributed by atoms with Gasteiger partial charge in [0, 0.05) is 10.5 Å². The Kier molecular flexibility index (Phi) is 6.50. The maximum atomic E-state index is 12.8. The van der Waals surface area contributed by atoms with E-state index in [2.05, 4.69) is 10.6 Å². The molecule has 142 valence electrons. The molecule has 0 fully saturated rings. The van der Waals surface area contributed by atoms with Crippen LogP contribution in [0.25, 0.3) is 0 Å². The van der Waals surface area contributed by atoms with Gasteiger partial charge in [-0.05, 0) is 55.1 Å². The normalized spacial score (nSPS) is 11.5. The fourth-order valence-corrected chi connectivity index (χ4v) is 3.23. The maximum absolute atomic E-state index is 12.8. The monoisotopic (exact) mass is 390 g/mol. The number of para-hydroxylation sites is 1. The van der Waals surface area contributed by atoms with Gasteiger partial charge in [0.2, 0.25) is 0 Å². The number of amides is 2. The summed E-state index contributed by atoms with van der Waals surface area (Å²) in [6, 6.07) is 24.0. The van der Waals surface area contributed by atoms with Crippen LogP contribution in [-0.4, -0.2) is 18.1 Å². The average Bonchev–Trinajstić information content (AvgIpc) is 2.74. The molecule has 1 atom stereocenters. The Labute approximate surface area is 169 Å². The first-order chi connectivity index (χ1) is 13.6. The fraction of sp³-hybridized carbons (Fsp3) is 0.130. The highest BCUT2D eigenvalue weighted by atomic mass is 32.2. The van der Waals surface area contributed by atoms with Gasteiger partial charge in [0.05, 0.1) is 17.3 Å². The lowest BCUT2D eigenvalue weighted by atomic mass is 10.1. The van der Waals surface area contributed by atoms with E-state index in [1.54, 1.807) is 48.2 Å². The van der Waals surface area contributed by atoms with Crippen molar-refractivity contribution in [3.8, 4) is 0 Å². The first-order valence-corrected chi connectivity index (χ1v) is 10.2. The largest absolute Gasteiger partial charge is 0.345 e. The summed E-state index contributed by atoms with van der Waals surface area (Å²) in [7, 11) is 0. The number of nitrogens with one attached hydrogen (secondary N) is 2. The lowest BCUT2D eigenvalue weighted by Crippen LogP contribution is -2.28. The quantitative estimate of drug-likeness (QED) is 0.572. The first-order valence-electron chi connectivity index (χ1n) is 8.98. The Morgan fingerprint density at radius 3 is 2.14 bits per heavy atom. The molecule has 1 unspecified atom stereocenters. The van der Waals surface area contributed by atoms with Crippen LogP contribution in [0.2, 0.25) is 0 Å². The highest BCUT2D eigenvalue weighted by Crippen LogP contribution is 2.20. The topological polar surface area (TPSA) is 58.2 Å². The molecule has 0 aromatic heterocycles. The molecular weight excluding hydrogens is 368 g/mol. The summed E-state index contributed by atoms with van der Waals surface area (Å²) < 4.78 is 0. The molecule has 28 heavy (non-hydrogen) atoms. The van der Waals surface area contributed by atoms with Gasteiger partial charge in [-0.2, -0.15) is 0 Å². The maximum Gasteiger partial charge on any atom is 0.255 e. The van der Waals surface area contributed by atoms with E-state index in [9.17, 15) is 9.59 Å². The second-order valence-corrected chi connectivity index (χ2v) is 7.21. The molecule has 4 nitrogen and oxygen atoms in total. The lowest BCUT2D eigenvalue weighted by Gasteiger charge is -2.16. The molecule has 3 rings (SSSR count). The number of thioether (sulfide) groups is 1. The molecule has 0 heterocycles. The van der Waals surface area contributed by atoms with Crippen LogP contribution in [0.4, 0.5) is 5.69 Å². The van der Waals surface area contributed by atoms with Gasteiger partial charge >= 0.3 is 0 Å². The number of benzene rings is 3. The SMILES string of the molecule is CSc1ccc(C(=O)Nc2ccccc2C(=O)NC(C)c2ccccc2)cc1. The van der Waals surface area contributed by atoms with Crippen LogP contribution < -0.4 is 10.6 Å². The zero-order chi connectivity index (χ0) is 19.9. The van der Waals surface area contributed by atoms with Crippen molar-refractivity contribution in [2.45, 2.75) is 17.9 Å². The summed E-state index contributed by atoms with van der Waals surface area (Å²) in [5, 5.41) is 5.84. The van der Waals surface area contributed by atoms with E-state index in [0.717, 1.165) is 10.5 Å². The van der Waals surface area contributed by atoms with Gasteiger partial charge in [-0.15, -0.1) is 11.8 Å². The average molecular weight is 391 g/mol. The summed E-state index contributed by atoms with van der Waals surface area (Å²) in [5.41, 5.74) is 2.48. The standard InChI is InChI=1S/C23H22N2O2S/c1-16(17-8-4-3-5-9-17)24-23(27)20-10-6-7-11-21(20)25-22(26)18-12-14-19(28-2)15-13-18/h3-16H,1-2H3,(H,24,27)(H,25,26). The van der Waals surface area contributed by atoms with Crippen LogP contribution in [0, 0.1) is 0 Å². The minimum atomic E-state index is -0.246. The van der Waals surface area contributed by atoms with Gasteiger partial charge < -0.3 is 10.6 Å². The van der Waals surface area contributed by atoms with Crippen LogP contribution in [0.3, 0.4) is 0 Å². The second kappa shape index (κ2) is 9.24. The molecule has 0 aliphatic rings. The van der Waals surface area contributed by atoms with E-state index in [4.69, 9.17) is 0 Å². The number of hydrogen-bond acceptors (Lipinski definition) is 3. The van der Waals surface area contributed by atoms with Crippen LogP contribution in [-0.2, 0) is 0 Å². The Bertz CT molecular complexity index is 956. The molecule has 0 bridgehead atoms. The van der Waals surface area contributed by atoms with E-state index in [0.29, 0.717) is 16.8 Å². The zero-order valence-electron chi connectivity index (χ0n) is 15.8. The van der Waals surface area contributed by atoms with Gasteiger partial charge in [0.25, 0.3) is 11.8 Å². The van der Waals surface area contributed by atoms with Gasteiger partial charge in [-0.25, -0.2) is 0 Å². The molecule has 3 aromatic carbocycles. The van der Waals surface area contributed by atoms with Crippen molar-refractivity contribution in [2.75, 3.05) is 11.6 Å². The molecule has 0 saturated carbocycles. The van der Waals surface area contributed by atoms with Crippen molar-refractivity contribution in [2.24, 2.45) is 0 Å². The van der Waals surface area contributed by atoms with Gasteiger partial charge in [0.1, 0.15) is 0 Å². The highest BCUT2D eigenvalue weighted by molar-refractivity contribution is 7.98. The molecular formula is C23H22N2O2S. The van der Waals surface area contributed by atoms with Crippen LogP contribution in [0.15, 0.2) is 83.8 Å². The number of hydrogen-bond donors (Lipinski definition) is 2. The number of anilines is 1. The van der Waals surface area contributed by atoms with E-state index >= 15 is 0 Å². The molecule has 0 saturated heterocycles. The number of rotatable bonds is 6. The molecule has 2 amide bonds. The minimum absolute atomic E-state index is 0.142. The van der Waals surface area contributed by atoms with E-state index < -0.39 is 0 Å². The third kappa shape index (κ3) is 4.81. The smallest absolute Gasteiger partial charge is 0.255 e. The molecule has 0 radical (unpaired) electrons. The van der Waals surface area contributed by atoms with Crippen molar-refractivity contribution in [1.29, 1.82) is 0 Å². The fourth-order valence-electron chi connectivity index (χ4n) is 2.83. The van der Waals surface area contributed by atoms with E-state index in [1.807, 2.05) is 55.6 Å². The van der Waals surface area contributed by atoms with E-state index in [-0.39, 0.29) is 17.9 Å². The molecule has 2 N–H and O–H groups in total. The Morgan fingerprint density at radius 2 is 1.46 bits per heavy atom. The molecule has 0 aliphatic carbocycles. The van der Waals surface area contributed by atoms with Crippen molar-refractivity contribution in [3.05, 3.63) is 95.6 Å². The summed E-state index contributed by atoms with van der Waals surface area (Å²) in [6.45, 7) is 1.93. The van der Waals surface area contributed by atoms with Gasteiger partial charge in [-0.1, -0.05) is 42.5 Å². The summed E-state index contributed by atoms with van der Waals surface area (Å²) in [6.07, 6.45) is 1.99. The van der Waals surface area contributed by atoms with Crippen molar-refractivity contribution < 1.29 is 9.59 Å². The molecule has 5 heteroatoms. The predicted octanol–water partition coefficient (Wildman–Crippen LogP) is 5.15. The predicted molar refractivity (Wildman–Crippen MR) is 115 cm³/mol. The third-order valence-corrected chi connectivity index (χ3v) is 5.16. The first kappa shape index (κ1) is 19.7. The van der Waals surface area contributed by atoms with Crippen LogP contribution >= 0.6 is 11.8 Å². The van der Waals surface area contributed by atoms with Crippen molar-refractivity contribution >= 4 is 29.3 Å². The minimum Gasteiger partial charge on any atom is -0.345 e. The summed E-state index contributed by atoms with van der Waals surface area (Å²) in [5.74, 6) is -0.478. The third-order valence-electron chi connectivity index (χ3n) is 4.42. The van der Waals surface area contributed by atoms with Crippen LogP contribution in [0.5, 0.6) is 0 Å². The zero-order valence-corrected chi connectivity index (χ0v) is 16.6. The van der Waals surface area contributed by atoms with E-state index in [1.165, 1.54) is 0 Å². The highest BCUT2D eigenvalue weighted by Gasteiger charge is 2.16. The van der Waals surface area contributed by atoms with Crippen LogP contribution in [0.1, 0.15) is 39.2 Å². The summed E-state index contributed by atoms with van der Waals surface area (Å²) in [4.78, 5) is 26.5. The molecule has 0 spiro atoms. The number of carbonyl (C=O) groups is 2. The van der Waals surface area contributed by atoms with Crippen molar-refractivity contribution in [1.82, 2.24) is 5.32 Å². The lowest BCUT2D eigenvalue weighted by molar-refractivity contribution is 0.0941. The second-order valence-electron chi connectivity index (χ2n) is 6.33. The molecule has 3 aromatic rings.